The second-order valence-corrected chi connectivity index (χ2v) is 7.91. The Hall–Kier alpha value is -1.76. The van der Waals surface area contributed by atoms with Gasteiger partial charge in [0.25, 0.3) is 0 Å². The first-order chi connectivity index (χ1) is 10.3. The minimum Gasteiger partial charge on any atom is -0.497 e. The van der Waals surface area contributed by atoms with E-state index in [9.17, 15) is 13.2 Å². The molecular formula is C15H21NO5S. The van der Waals surface area contributed by atoms with E-state index in [4.69, 9.17) is 9.47 Å². The molecule has 1 aromatic carbocycles. The van der Waals surface area contributed by atoms with E-state index in [1.165, 1.54) is 0 Å². The number of sulfone groups is 1. The summed E-state index contributed by atoms with van der Waals surface area (Å²) >= 11 is 0. The van der Waals surface area contributed by atoms with Crippen LogP contribution in [0.25, 0.3) is 0 Å². The van der Waals surface area contributed by atoms with Crippen molar-refractivity contribution in [2.24, 2.45) is 0 Å². The number of carbonyl (C=O) groups excluding carboxylic acids is 1. The molecule has 0 unspecified atom stereocenters. The number of carbonyl (C=O) groups is 1. The molecule has 1 atom stereocenters. The molecule has 0 aromatic heterocycles. The highest BCUT2D eigenvalue weighted by atomic mass is 32.2. The molecule has 1 amide bonds. The summed E-state index contributed by atoms with van der Waals surface area (Å²) < 4.78 is 33.5. The van der Waals surface area contributed by atoms with E-state index in [1.807, 2.05) is 0 Å². The lowest BCUT2D eigenvalue weighted by Gasteiger charge is -2.23. The third kappa shape index (κ3) is 4.62. The molecule has 0 aliphatic carbocycles. The Morgan fingerprint density at radius 2 is 1.91 bits per heavy atom. The molecule has 7 heteroatoms. The Labute approximate surface area is 130 Å². The van der Waals surface area contributed by atoms with Crippen LogP contribution in [0.1, 0.15) is 19.8 Å². The summed E-state index contributed by atoms with van der Waals surface area (Å²) in [6, 6.07) is 7.09. The summed E-state index contributed by atoms with van der Waals surface area (Å²) in [5.74, 6) is 1.33. The maximum absolute atomic E-state index is 11.9. The normalized spacial score (nSPS) is 23.0. The van der Waals surface area contributed by atoms with Crippen molar-refractivity contribution in [3.8, 4) is 11.5 Å². The molecule has 1 aliphatic rings. The molecule has 0 spiro atoms. The zero-order chi connectivity index (χ0) is 16.2. The van der Waals surface area contributed by atoms with Gasteiger partial charge in [0.05, 0.1) is 37.2 Å². The van der Waals surface area contributed by atoms with Crippen molar-refractivity contribution in [3.05, 3.63) is 24.3 Å². The molecule has 0 radical (unpaired) electrons. The summed E-state index contributed by atoms with van der Waals surface area (Å²) in [6.45, 7) is 2.00. The Balaban J connectivity index is 1.76. The maximum Gasteiger partial charge on any atom is 0.223 e. The maximum atomic E-state index is 11.9. The number of methoxy groups -OCH3 is 1. The van der Waals surface area contributed by atoms with E-state index < -0.39 is 15.4 Å². The molecule has 1 fully saturated rings. The van der Waals surface area contributed by atoms with Crippen LogP contribution in [0.5, 0.6) is 11.5 Å². The lowest BCUT2D eigenvalue weighted by Crippen LogP contribution is -2.47. The van der Waals surface area contributed by atoms with Crippen molar-refractivity contribution in [2.45, 2.75) is 25.3 Å². The van der Waals surface area contributed by atoms with Gasteiger partial charge in [-0.2, -0.15) is 0 Å². The van der Waals surface area contributed by atoms with E-state index in [1.54, 1.807) is 38.3 Å². The van der Waals surface area contributed by atoms with Crippen molar-refractivity contribution in [3.63, 3.8) is 0 Å². The Morgan fingerprint density at radius 3 is 2.45 bits per heavy atom. The van der Waals surface area contributed by atoms with Crippen LogP contribution in [0, 0.1) is 0 Å². The number of hydrogen-bond donors (Lipinski definition) is 1. The molecule has 6 nitrogen and oxygen atoms in total. The molecule has 1 aliphatic heterocycles. The lowest BCUT2D eigenvalue weighted by atomic mass is 10.0. The average Bonchev–Trinajstić information content (AvgIpc) is 2.73. The largest absolute Gasteiger partial charge is 0.497 e. The molecule has 2 rings (SSSR count). The van der Waals surface area contributed by atoms with Gasteiger partial charge in [-0.05, 0) is 37.6 Å². The van der Waals surface area contributed by atoms with Gasteiger partial charge >= 0.3 is 0 Å². The Kier molecular flexibility index (Phi) is 4.95. The van der Waals surface area contributed by atoms with Crippen molar-refractivity contribution in [1.29, 1.82) is 0 Å². The second kappa shape index (κ2) is 6.56. The molecule has 122 valence electrons. The van der Waals surface area contributed by atoms with Crippen molar-refractivity contribution >= 4 is 15.7 Å². The van der Waals surface area contributed by atoms with Gasteiger partial charge in [-0.25, -0.2) is 8.42 Å². The molecule has 1 N–H and O–H groups in total. The molecule has 0 bridgehead atoms. The second-order valence-electron chi connectivity index (χ2n) is 5.72. The van der Waals surface area contributed by atoms with Crippen molar-refractivity contribution in [2.75, 3.05) is 25.2 Å². The number of nitrogens with one attached hydrogen (secondary N) is 1. The van der Waals surface area contributed by atoms with Gasteiger partial charge < -0.3 is 14.8 Å². The van der Waals surface area contributed by atoms with Crippen LogP contribution in [0.2, 0.25) is 0 Å². The quantitative estimate of drug-likeness (QED) is 0.848. The number of ether oxygens (including phenoxy) is 2. The number of hydrogen-bond acceptors (Lipinski definition) is 5. The first kappa shape index (κ1) is 16.6. The molecule has 0 saturated carbocycles. The minimum absolute atomic E-state index is 0.00504. The van der Waals surface area contributed by atoms with Crippen LogP contribution in [-0.4, -0.2) is 45.1 Å². The Morgan fingerprint density at radius 1 is 1.27 bits per heavy atom. The summed E-state index contributed by atoms with van der Waals surface area (Å²) in [5, 5.41) is 2.80. The van der Waals surface area contributed by atoms with Crippen LogP contribution in [-0.2, 0) is 14.6 Å². The van der Waals surface area contributed by atoms with Crippen LogP contribution in [0.3, 0.4) is 0 Å². The highest BCUT2D eigenvalue weighted by molar-refractivity contribution is 7.91. The topological polar surface area (TPSA) is 81.7 Å². The smallest absolute Gasteiger partial charge is 0.223 e. The van der Waals surface area contributed by atoms with Crippen molar-refractivity contribution in [1.82, 2.24) is 5.32 Å². The zero-order valence-electron chi connectivity index (χ0n) is 12.8. The number of amides is 1. The number of benzene rings is 1. The van der Waals surface area contributed by atoms with Gasteiger partial charge in [0, 0.05) is 0 Å². The van der Waals surface area contributed by atoms with E-state index >= 15 is 0 Å². The zero-order valence-corrected chi connectivity index (χ0v) is 13.6. The average molecular weight is 327 g/mol. The SMILES string of the molecule is COc1ccc(OCCC(=O)N[C@]2(C)CCS(=O)(=O)C2)cc1. The van der Waals surface area contributed by atoms with E-state index in [0.717, 1.165) is 5.75 Å². The molecule has 1 saturated heterocycles. The fourth-order valence-electron chi connectivity index (χ4n) is 2.44. The summed E-state index contributed by atoms with van der Waals surface area (Å²) in [7, 11) is -1.44. The third-order valence-electron chi connectivity index (χ3n) is 3.60. The van der Waals surface area contributed by atoms with Gasteiger partial charge in [-0.3, -0.25) is 4.79 Å². The summed E-state index contributed by atoms with van der Waals surface area (Å²) in [5.41, 5.74) is -0.657. The van der Waals surface area contributed by atoms with Gasteiger partial charge in [-0.15, -0.1) is 0 Å². The monoisotopic (exact) mass is 327 g/mol. The molecular weight excluding hydrogens is 306 g/mol. The fourth-order valence-corrected chi connectivity index (χ4v) is 4.53. The van der Waals surface area contributed by atoms with E-state index in [-0.39, 0.29) is 30.4 Å². The standard InChI is InChI=1S/C15H21NO5S/c1-15(8-10-22(18,19)11-15)16-14(17)7-9-21-13-5-3-12(20-2)4-6-13/h3-6H,7-11H2,1-2H3,(H,16,17)/t15-/m1/s1. The van der Waals surface area contributed by atoms with Crippen LogP contribution < -0.4 is 14.8 Å². The highest BCUT2D eigenvalue weighted by Gasteiger charge is 2.39. The lowest BCUT2D eigenvalue weighted by molar-refractivity contribution is -0.123. The summed E-state index contributed by atoms with van der Waals surface area (Å²) in [6.07, 6.45) is 0.641. The van der Waals surface area contributed by atoms with Gasteiger partial charge in [-0.1, -0.05) is 0 Å². The minimum atomic E-state index is -3.03. The predicted molar refractivity (Wildman–Crippen MR) is 82.9 cm³/mol. The highest BCUT2D eigenvalue weighted by Crippen LogP contribution is 2.23. The van der Waals surface area contributed by atoms with Crippen LogP contribution in [0.4, 0.5) is 0 Å². The van der Waals surface area contributed by atoms with E-state index in [2.05, 4.69) is 5.32 Å². The Bertz CT molecular complexity index is 626. The number of rotatable bonds is 6. The van der Waals surface area contributed by atoms with Crippen LogP contribution >= 0.6 is 0 Å². The predicted octanol–water partition coefficient (Wildman–Crippen LogP) is 1.16. The van der Waals surface area contributed by atoms with E-state index in [0.29, 0.717) is 12.2 Å². The third-order valence-corrected chi connectivity index (χ3v) is 5.50. The van der Waals surface area contributed by atoms with Gasteiger partial charge in [0.2, 0.25) is 5.91 Å². The molecule has 1 heterocycles. The first-order valence-corrected chi connectivity index (χ1v) is 8.92. The van der Waals surface area contributed by atoms with Crippen LogP contribution in [0.15, 0.2) is 24.3 Å². The molecule has 1 aromatic rings. The molecule has 22 heavy (non-hydrogen) atoms. The summed E-state index contributed by atoms with van der Waals surface area (Å²) in [4.78, 5) is 11.9. The fraction of sp³-hybridized carbons (Fsp3) is 0.533. The first-order valence-electron chi connectivity index (χ1n) is 7.10. The van der Waals surface area contributed by atoms with Gasteiger partial charge in [0.1, 0.15) is 11.5 Å². The van der Waals surface area contributed by atoms with Crippen molar-refractivity contribution < 1.29 is 22.7 Å². The van der Waals surface area contributed by atoms with Gasteiger partial charge in [0.15, 0.2) is 9.84 Å².